The molecule has 0 spiro atoms. The van der Waals surface area contributed by atoms with E-state index in [1.54, 1.807) is 0 Å². The van der Waals surface area contributed by atoms with Gasteiger partial charge in [-0.05, 0) is 36.5 Å². The van der Waals surface area contributed by atoms with Crippen molar-refractivity contribution < 1.29 is 0 Å². The zero-order valence-electron chi connectivity index (χ0n) is 8.66. The molecule has 2 heterocycles. The first-order chi connectivity index (χ1) is 7.40. The Morgan fingerprint density at radius 1 is 1.47 bits per heavy atom. The second kappa shape index (κ2) is 3.35. The average molecular weight is 201 g/mol. The van der Waals surface area contributed by atoms with Gasteiger partial charge in [-0.3, -0.25) is 0 Å². The van der Waals surface area contributed by atoms with Crippen molar-refractivity contribution in [3.63, 3.8) is 0 Å². The van der Waals surface area contributed by atoms with Gasteiger partial charge in [-0.2, -0.15) is 0 Å². The van der Waals surface area contributed by atoms with Crippen molar-refractivity contribution >= 4 is 11.0 Å². The summed E-state index contributed by atoms with van der Waals surface area (Å²) in [4.78, 5) is 7.77. The lowest BCUT2D eigenvalue weighted by molar-refractivity contribution is 0.410. The van der Waals surface area contributed by atoms with E-state index in [0.717, 1.165) is 5.65 Å². The maximum atomic E-state index is 5.83. The summed E-state index contributed by atoms with van der Waals surface area (Å²) < 4.78 is 0. The van der Waals surface area contributed by atoms with Crippen LogP contribution in [-0.2, 0) is 6.54 Å². The summed E-state index contributed by atoms with van der Waals surface area (Å²) in [5, 5.41) is 1.20. The van der Waals surface area contributed by atoms with Crippen molar-refractivity contribution in [1.29, 1.82) is 0 Å². The smallest absolute Gasteiger partial charge is 0.137 e. The van der Waals surface area contributed by atoms with E-state index in [1.165, 1.54) is 35.9 Å². The SMILES string of the molecule is NCc1c(C2CCC2)[nH]c2ncccc12. The van der Waals surface area contributed by atoms with Gasteiger partial charge in [0.05, 0.1) is 0 Å². The highest BCUT2D eigenvalue weighted by molar-refractivity contribution is 5.81. The van der Waals surface area contributed by atoms with Crippen molar-refractivity contribution in [3.05, 3.63) is 29.6 Å². The molecular weight excluding hydrogens is 186 g/mol. The van der Waals surface area contributed by atoms with Gasteiger partial charge in [-0.25, -0.2) is 4.98 Å². The third kappa shape index (κ3) is 1.27. The molecule has 15 heavy (non-hydrogen) atoms. The molecule has 0 aromatic carbocycles. The molecule has 0 saturated heterocycles. The third-order valence-electron chi connectivity index (χ3n) is 3.43. The first-order valence-electron chi connectivity index (χ1n) is 5.55. The van der Waals surface area contributed by atoms with Gasteiger partial charge in [-0.1, -0.05) is 6.42 Å². The topological polar surface area (TPSA) is 54.7 Å². The summed E-state index contributed by atoms with van der Waals surface area (Å²) in [5.74, 6) is 0.692. The van der Waals surface area contributed by atoms with Crippen molar-refractivity contribution in [1.82, 2.24) is 9.97 Å². The minimum absolute atomic E-state index is 0.609. The standard InChI is InChI=1S/C12H15N3/c13-7-10-9-5-2-6-14-12(9)15-11(10)8-3-1-4-8/h2,5-6,8H,1,3-4,7,13H2,(H,14,15). The Balaban J connectivity index is 2.19. The molecule has 3 heteroatoms. The lowest BCUT2D eigenvalue weighted by atomic mass is 9.81. The van der Waals surface area contributed by atoms with E-state index in [-0.39, 0.29) is 0 Å². The zero-order valence-corrected chi connectivity index (χ0v) is 8.66. The number of nitrogens with one attached hydrogen (secondary N) is 1. The van der Waals surface area contributed by atoms with Crippen LogP contribution in [0.25, 0.3) is 11.0 Å². The number of nitrogens with two attached hydrogens (primary N) is 1. The summed E-state index contributed by atoms with van der Waals surface area (Å²) >= 11 is 0. The highest BCUT2D eigenvalue weighted by atomic mass is 14.9. The number of aromatic amines is 1. The van der Waals surface area contributed by atoms with Gasteiger partial charge >= 0.3 is 0 Å². The normalized spacial score (nSPS) is 16.9. The largest absolute Gasteiger partial charge is 0.343 e. The quantitative estimate of drug-likeness (QED) is 0.783. The number of nitrogens with zero attached hydrogens (tertiary/aromatic N) is 1. The Morgan fingerprint density at radius 2 is 2.33 bits per heavy atom. The lowest BCUT2D eigenvalue weighted by Gasteiger charge is -2.25. The Bertz CT molecular complexity index is 483. The zero-order chi connectivity index (χ0) is 10.3. The maximum absolute atomic E-state index is 5.83. The highest BCUT2D eigenvalue weighted by Crippen LogP contribution is 2.39. The predicted molar refractivity (Wildman–Crippen MR) is 60.6 cm³/mol. The van der Waals surface area contributed by atoms with Crippen LogP contribution in [0.3, 0.4) is 0 Å². The number of H-pyrrole nitrogens is 1. The van der Waals surface area contributed by atoms with E-state index < -0.39 is 0 Å². The number of pyridine rings is 1. The molecule has 1 aliphatic rings. The second-order valence-electron chi connectivity index (χ2n) is 4.25. The van der Waals surface area contributed by atoms with Crippen molar-refractivity contribution in [2.75, 3.05) is 0 Å². The van der Waals surface area contributed by atoms with E-state index in [0.29, 0.717) is 12.5 Å². The molecule has 3 nitrogen and oxygen atoms in total. The molecule has 0 unspecified atom stereocenters. The van der Waals surface area contributed by atoms with Crippen LogP contribution in [0.1, 0.15) is 36.4 Å². The minimum Gasteiger partial charge on any atom is -0.343 e. The molecule has 78 valence electrons. The fourth-order valence-corrected chi connectivity index (χ4v) is 2.36. The van der Waals surface area contributed by atoms with Crippen LogP contribution < -0.4 is 5.73 Å². The van der Waals surface area contributed by atoms with E-state index in [4.69, 9.17) is 5.73 Å². The van der Waals surface area contributed by atoms with E-state index >= 15 is 0 Å². The van der Waals surface area contributed by atoms with Gasteiger partial charge in [0, 0.05) is 23.8 Å². The van der Waals surface area contributed by atoms with Crippen LogP contribution in [0.15, 0.2) is 18.3 Å². The van der Waals surface area contributed by atoms with Crippen LogP contribution in [0.5, 0.6) is 0 Å². The number of hydrogen-bond donors (Lipinski definition) is 2. The summed E-state index contributed by atoms with van der Waals surface area (Å²) in [6.07, 6.45) is 5.75. The maximum Gasteiger partial charge on any atom is 0.137 e. The first-order valence-corrected chi connectivity index (χ1v) is 5.55. The third-order valence-corrected chi connectivity index (χ3v) is 3.43. The van der Waals surface area contributed by atoms with Crippen LogP contribution in [-0.4, -0.2) is 9.97 Å². The monoisotopic (exact) mass is 201 g/mol. The van der Waals surface area contributed by atoms with E-state index in [9.17, 15) is 0 Å². The van der Waals surface area contributed by atoms with Crippen molar-refractivity contribution in [2.24, 2.45) is 5.73 Å². The molecule has 2 aromatic heterocycles. The summed E-state index contributed by atoms with van der Waals surface area (Å²) in [5.41, 5.74) is 9.41. The van der Waals surface area contributed by atoms with Crippen LogP contribution in [0.2, 0.25) is 0 Å². The fraction of sp³-hybridized carbons (Fsp3) is 0.417. The molecule has 0 aliphatic heterocycles. The van der Waals surface area contributed by atoms with Gasteiger partial charge in [0.25, 0.3) is 0 Å². The molecular formula is C12H15N3. The molecule has 2 aromatic rings. The first kappa shape index (κ1) is 8.92. The van der Waals surface area contributed by atoms with E-state index in [2.05, 4.69) is 16.0 Å². The molecule has 1 saturated carbocycles. The highest BCUT2D eigenvalue weighted by Gasteiger charge is 2.24. The van der Waals surface area contributed by atoms with Gasteiger partial charge in [0.1, 0.15) is 5.65 Å². The van der Waals surface area contributed by atoms with Crippen molar-refractivity contribution in [3.8, 4) is 0 Å². The van der Waals surface area contributed by atoms with Crippen LogP contribution >= 0.6 is 0 Å². The van der Waals surface area contributed by atoms with E-state index in [1.807, 2.05) is 12.3 Å². The Hall–Kier alpha value is -1.35. The Kier molecular flexibility index (Phi) is 1.99. The van der Waals surface area contributed by atoms with Crippen molar-refractivity contribution in [2.45, 2.75) is 31.7 Å². The predicted octanol–water partition coefficient (Wildman–Crippen LogP) is 2.29. The van der Waals surface area contributed by atoms with Gasteiger partial charge in [0.15, 0.2) is 0 Å². The number of hydrogen-bond acceptors (Lipinski definition) is 2. The summed E-state index contributed by atoms with van der Waals surface area (Å²) in [7, 11) is 0. The number of fused-ring (bicyclic) bond motifs is 1. The second-order valence-corrected chi connectivity index (χ2v) is 4.25. The van der Waals surface area contributed by atoms with Gasteiger partial charge in [-0.15, -0.1) is 0 Å². The summed E-state index contributed by atoms with van der Waals surface area (Å²) in [6.45, 7) is 0.609. The Labute approximate surface area is 88.7 Å². The Morgan fingerprint density at radius 3 is 3.00 bits per heavy atom. The molecule has 1 aliphatic carbocycles. The van der Waals surface area contributed by atoms with Crippen LogP contribution in [0, 0.1) is 0 Å². The molecule has 0 radical (unpaired) electrons. The van der Waals surface area contributed by atoms with Crippen LogP contribution in [0.4, 0.5) is 0 Å². The number of aromatic nitrogens is 2. The molecule has 0 atom stereocenters. The lowest BCUT2D eigenvalue weighted by Crippen LogP contribution is -2.12. The molecule has 0 bridgehead atoms. The summed E-state index contributed by atoms with van der Waals surface area (Å²) in [6, 6.07) is 4.07. The van der Waals surface area contributed by atoms with Gasteiger partial charge < -0.3 is 10.7 Å². The average Bonchev–Trinajstić information content (AvgIpc) is 2.53. The number of rotatable bonds is 2. The fourth-order valence-electron chi connectivity index (χ4n) is 2.36. The van der Waals surface area contributed by atoms with Gasteiger partial charge in [0.2, 0.25) is 0 Å². The molecule has 1 fully saturated rings. The molecule has 0 amide bonds. The molecule has 3 N–H and O–H groups in total. The molecule has 3 rings (SSSR count). The minimum atomic E-state index is 0.609.